The number of aromatic nitrogens is 1. The molecule has 4 heteroatoms. The molecule has 0 radical (unpaired) electrons. The van der Waals surface area contributed by atoms with E-state index in [1.165, 1.54) is 12.5 Å². The summed E-state index contributed by atoms with van der Waals surface area (Å²) >= 11 is 0. The predicted octanol–water partition coefficient (Wildman–Crippen LogP) is 4.16. The van der Waals surface area contributed by atoms with E-state index in [1.54, 1.807) is 16.8 Å². The molecule has 1 aromatic carbocycles. The number of carbonyl (C=O) groups excluding carboxylic acids is 2. The van der Waals surface area contributed by atoms with Gasteiger partial charge in [-0.15, -0.1) is 0 Å². The van der Waals surface area contributed by atoms with E-state index in [0.717, 1.165) is 18.4 Å². The van der Waals surface area contributed by atoms with Crippen LogP contribution < -0.4 is 0 Å². The number of carbonyl (C=O) groups is 2. The fraction of sp³-hybridized carbons (Fsp3) is 0.429. The van der Waals surface area contributed by atoms with Crippen LogP contribution in [0.15, 0.2) is 36.5 Å². The third-order valence-corrected chi connectivity index (χ3v) is 4.88. The first kappa shape index (κ1) is 17.5. The first-order valence-electron chi connectivity index (χ1n) is 8.94. The van der Waals surface area contributed by atoms with Crippen molar-refractivity contribution in [1.82, 2.24) is 9.47 Å². The summed E-state index contributed by atoms with van der Waals surface area (Å²) in [6, 6.07) is 10.5. The van der Waals surface area contributed by atoms with Crippen molar-refractivity contribution in [2.45, 2.75) is 52.1 Å². The van der Waals surface area contributed by atoms with Crippen LogP contribution in [-0.2, 0) is 13.6 Å². The molecule has 1 amide bonds. The lowest BCUT2D eigenvalue weighted by molar-refractivity contribution is 0.0720. The van der Waals surface area contributed by atoms with Gasteiger partial charge in [0.05, 0.1) is 0 Å². The summed E-state index contributed by atoms with van der Waals surface area (Å²) in [5.74, 6) is 0.492. The van der Waals surface area contributed by atoms with Gasteiger partial charge < -0.3 is 9.47 Å². The molecule has 1 saturated carbocycles. The van der Waals surface area contributed by atoms with Crippen LogP contribution in [0.4, 0.5) is 0 Å². The van der Waals surface area contributed by atoms with Gasteiger partial charge >= 0.3 is 0 Å². The smallest absolute Gasteiger partial charge is 0.271 e. The van der Waals surface area contributed by atoms with Crippen molar-refractivity contribution >= 4 is 11.7 Å². The molecule has 1 fully saturated rings. The lowest BCUT2D eigenvalue weighted by atomic mass is 10.0. The second-order valence-electron chi connectivity index (χ2n) is 7.34. The number of rotatable bonds is 6. The van der Waals surface area contributed by atoms with Crippen LogP contribution in [0.5, 0.6) is 0 Å². The van der Waals surface area contributed by atoms with Gasteiger partial charge in [-0.1, -0.05) is 38.1 Å². The van der Waals surface area contributed by atoms with Crippen molar-refractivity contribution in [3.63, 3.8) is 0 Å². The minimum absolute atomic E-state index is 0.00503. The van der Waals surface area contributed by atoms with Crippen molar-refractivity contribution in [2.24, 2.45) is 7.05 Å². The van der Waals surface area contributed by atoms with E-state index < -0.39 is 0 Å². The van der Waals surface area contributed by atoms with Gasteiger partial charge in [0.1, 0.15) is 5.69 Å². The van der Waals surface area contributed by atoms with Crippen molar-refractivity contribution in [2.75, 3.05) is 0 Å². The molecule has 0 unspecified atom stereocenters. The third kappa shape index (κ3) is 3.84. The zero-order valence-corrected chi connectivity index (χ0v) is 15.5. The van der Waals surface area contributed by atoms with Gasteiger partial charge in [-0.05, 0) is 42.9 Å². The van der Waals surface area contributed by atoms with Gasteiger partial charge in [-0.25, -0.2) is 0 Å². The summed E-state index contributed by atoms with van der Waals surface area (Å²) in [5, 5.41) is 0. The number of aryl methyl sites for hydroxylation is 1. The van der Waals surface area contributed by atoms with Crippen molar-refractivity contribution < 1.29 is 9.59 Å². The SMILES string of the molecule is CC(=O)c1cc(C(=O)N(Cc2ccc(C(C)C)cc2)C2CC2)n(C)c1. The van der Waals surface area contributed by atoms with Gasteiger partial charge in [0, 0.05) is 31.4 Å². The second kappa shape index (κ2) is 6.87. The van der Waals surface area contributed by atoms with E-state index in [4.69, 9.17) is 0 Å². The van der Waals surface area contributed by atoms with Crippen LogP contribution in [0.3, 0.4) is 0 Å². The maximum absolute atomic E-state index is 13.1. The Morgan fingerprint density at radius 3 is 2.32 bits per heavy atom. The molecule has 1 aliphatic rings. The highest BCUT2D eigenvalue weighted by Crippen LogP contribution is 2.30. The topological polar surface area (TPSA) is 42.3 Å². The normalized spacial score (nSPS) is 14.0. The molecule has 1 aliphatic carbocycles. The molecule has 0 saturated heterocycles. The van der Waals surface area contributed by atoms with E-state index in [-0.39, 0.29) is 11.7 Å². The van der Waals surface area contributed by atoms with E-state index >= 15 is 0 Å². The Balaban J connectivity index is 1.81. The highest BCUT2D eigenvalue weighted by atomic mass is 16.2. The van der Waals surface area contributed by atoms with Crippen molar-refractivity contribution in [1.29, 1.82) is 0 Å². The van der Waals surface area contributed by atoms with E-state index in [9.17, 15) is 9.59 Å². The fourth-order valence-corrected chi connectivity index (χ4v) is 3.07. The Kier molecular flexibility index (Phi) is 4.80. The monoisotopic (exact) mass is 338 g/mol. The van der Waals surface area contributed by atoms with Gasteiger partial charge in [0.15, 0.2) is 5.78 Å². The minimum Gasteiger partial charge on any atom is -0.346 e. The number of hydrogen-bond acceptors (Lipinski definition) is 2. The molecule has 0 atom stereocenters. The predicted molar refractivity (Wildman–Crippen MR) is 98.8 cm³/mol. The molecule has 1 heterocycles. The Hall–Kier alpha value is -2.36. The van der Waals surface area contributed by atoms with Crippen LogP contribution in [0.2, 0.25) is 0 Å². The lowest BCUT2D eigenvalue weighted by Crippen LogP contribution is -2.33. The largest absolute Gasteiger partial charge is 0.346 e. The van der Waals surface area contributed by atoms with Gasteiger partial charge in [0.2, 0.25) is 0 Å². The molecule has 0 bridgehead atoms. The Labute approximate surface area is 149 Å². The van der Waals surface area contributed by atoms with Gasteiger partial charge in [0.25, 0.3) is 5.91 Å². The molecule has 1 aromatic heterocycles. The highest BCUT2D eigenvalue weighted by molar-refractivity contribution is 5.99. The van der Waals surface area contributed by atoms with Crippen LogP contribution in [0, 0.1) is 0 Å². The third-order valence-electron chi connectivity index (χ3n) is 4.88. The van der Waals surface area contributed by atoms with Crippen molar-refractivity contribution in [3.05, 3.63) is 58.9 Å². The summed E-state index contributed by atoms with van der Waals surface area (Å²) in [7, 11) is 1.82. The standard InChI is InChI=1S/C21H26N2O2/c1-14(2)17-7-5-16(6-8-17)12-23(19-9-10-19)21(25)20-11-18(15(3)24)13-22(20)4/h5-8,11,13-14,19H,9-10,12H2,1-4H3. The summed E-state index contributed by atoms with van der Waals surface area (Å²) in [4.78, 5) is 26.6. The maximum atomic E-state index is 13.1. The fourth-order valence-electron chi connectivity index (χ4n) is 3.07. The first-order chi connectivity index (χ1) is 11.9. The van der Waals surface area contributed by atoms with E-state index in [2.05, 4.69) is 38.1 Å². The Morgan fingerprint density at radius 2 is 1.84 bits per heavy atom. The summed E-state index contributed by atoms with van der Waals surface area (Å²) in [5.41, 5.74) is 3.62. The molecule has 4 nitrogen and oxygen atoms in total. The van der Waals surface area contributed by atoms with Crippen LogP contribution >= 0.6 is 0 Å². The quantitative estimate of drug-likeness (QED) is 0.742. The Morgan fingerprint density at radius 1 is 1.20 bits per heavy atom. The molecule has 2 aromatic rings. The summed E-state index contributed by atoms with van der Waals surface area (Å²) in [6.45, 7) is 6.50. The van der Waals surface area contributed by atoms with Gasteiger partial charge in [-0.2, -0.15) is 0 Å². The van der Waals surface area contributed by atoms with E-state index in [1.807, 2.05) is 11.9 Å². The number of Topliss-reactive ketones (excluding diaryl/α,β-unsaturated/α-hetero) is 1. The first-order valence-corrected chi connectivity index (χ1v) is 8.94. The summed E-state index contributed by atoms with van der Waals surface area (Å²) in [6.07, 6.45) is 3.84. The molecule has 132 valence electrons. The molecule has 0 N–H and O–H groups in total. The second-order valence-corrected chi connectivity index (χ2v) is 7.34. The molecular formula is C21H26N2O2. The number of benzene rings is 1. The van der Waals surface area contributed by atoms with Crippen LogP contribution in [-0.4, -0.2) is 27.2 Å². The zero-order chi connectivity index (χ0) is 18.1. The molecule has 3 rings (SSSR count). The molecule has 0 aliphatic heterocycles. The average Bonchev–Trinajstić information content (AvgIpc) is 3.33. The van der Waals surface area contributed by atoms with Crippen LogP contribution in [0.1, 0.15) is 71.5 Å². The lowest BCUT2D eigenvalue weighted by Gasteiger charge is -2.23. The molecule has 0 spiro atoms. The number of ketones is 1. The highest BCUT2D eigenvalue weighted by Gasteiger charge is 2.34. The number of nitrogens with zero attached hydrogens (tertiary/aromatic N) is 2. The van der Waals surface area contributed by atoms with E-state index in [0.29, 0.717) is 29.8 Å². The summed E-state index contributed by atoms with van der Waals surface area (Å²) < 4.78 is 1.76. The van der Waals surface area contributed by atoms with Crippen LogP contribution in [0.25, 0.3) is 0 Å². The Bertz CT molecular complexity index is 783. The van der Waals surface area contributed by atoms with Gasteiger partial charge in [-0.3, -0.25) is 9.59 Å². The maximum Gasteiger partial charge on any atom is 0.271 e. The van der Waals surface area contributed by atoms with Crippen molar-refractivity contribution in [3.8, 4) is 0 Å². The number of amides is 1. The zero-order valence-electron chi connectivity index (χ0n) is 15.5. The molecule has 25 heavy (non-hydrogen) atoms. The average molecular weight is 338 g/mol. The molecular weight excluding hydrogens is 312 g/mol. The minimum atomic E-state index is -0.0168. The number of hydrogen-bond donors (Lipinski definition) is 0.